The minimum Gasteiger partial charge on any atom is -0.386 e. The number of carbonyl (C=O) groups is 1. The Labute approximate surface area is 125 Å². The van der Waals surface area contributed by atoms with E-state index < -0.39 is 0 Å². The van der Waals surface area contributed by atoms with Gasteiger partial charge in [-0.05, 0) is 23.1 Å². The minimum atomic E-state index is -0.102. The fourth-order valence-electron chi connectivity index (χ4n) is 2.09. The van der Waals surface area contributed by atoms with E-state index in [1.54, 1.807) is 25.5 Å². The normalized spacial score (nSPS) is 10.5. The molecule has 1 heterocycles. The maximum absolute atomic E-state index is 12.2. The predicted octanol–water partition coefficient (Wildman–Crippen LogP) is 3.18. The Hall–Kier alpha value is -2.36. The number of anilines is 1. The van der Waals surface area contributed by atoms with Gasteiger partial charge in [0.1, 0.15) is 0 Å². The van der Waals surface area contributed by atoms with E-state index in [1.165, 1.54) is 5.56 Å². The van der Waals surface area contributed by atoms with Crippen molar-refractivity contribution in [3.8, 4) is 0 Å². The van der Waals surface area contributed by atoms with Crippen LogP contribution in [0.1, 0.15) is 41.3 Å². The number of carbonyl (C=O) groups excluding carboxylic acids is 1. The Morgan fingerprint density at radius 2 is 1.90 bits per heavy atom. The van der Waals surface area contributed by atoms with Gasteiger partial charge >= 0.3 is 0 Å². The zero-order chi connectivity index (χ0) is 15.2. The van der Waals surface area contributed by atoms with Crippen LogP contribution in [0.15, 0.2) is 42.7 Å². The Morgan fingerprint density at radius 3 is 2.52 bits per heavy atom. The van der Waals surface area contributed by atoms with Crippen molar-refractivity contribution in [2.45, 2.75) is 26.3 Å². The molecule has 110 valence electrons. The predicted molar refractivity (Wildman–Crippen MR) is 85.5 cm³/mol. The van der Waals surface area contributed by atoms with Gasteiger partial charge in [0.25, 0.3) is 5.91 Å². The lowest BCUT2D eigenvalue weighted by Gasteiger charge is -2.10. The number of pyridine rings is 1. The summed E-state index contributed by atoms with van der Waals surface area (Å²) in [5, 5.41) is 5.90. The molecule has 0 aliphatic rings. The molecule has 0 aliphatic carbocycles. The summed E-state index contributed by atoms with van der Waals surface area (Å²) in [6, 6.07) is 10.0. The monoisotopic (exact) mass is 283 g/mol. The summed E-state index contributed by atoms with van der Waals surface area (Å²) in [6.07, 6.45) is 3.26. The molecular weight excluding hydrogens is 262 g/mol. The van der Waals surface area contributed by atoms with Crippen molar-refractivity contribution < 1.29 is 4.79 Å². The van der Waals surface area contributed by atoms with Gasteiger partial charge in [-0.25, -0.2) is 0 Å². The van der Waals surface area contributed by atoms with Gasteiger partial charge in [0.05, 0.1) is 17.4 Å². The van der Waals surface area contributed by atoms with Crippen LogP contribution in [0.25, 0.3) is 0 Å². The first-order valence-electron chi connectivity index (χ1n) is 7.10. The molecule has 0 saturated heterocycles. The molecule has 0 saturated carbocycles. The topological polar surface area (TPSA) is 54.0 Å². The smallest absolute Gasteiger partial charge is 0.253 e. The molecule has 0 atom stereocenters. The molecule has 21 heavy (non-hydrogen) atoms. The molecule has 2 rings (SSSR count). The van der Waals surface area contributed by atoms with E-state index in [1.807, 2.05) is 0 Å². The Kier molecular flexibility index (Phi) is 4.93. The highest BCUT2D eigenvalue weighted by molar-refractivity contribution is 5.99. The van der Waals surface area contributed by atoms with E-state index in [2.05, 4.69) is 53.7 Å². The molecule has 0 unspecified atom stereocenters. The molecule has 4 heteroatoms. The van der Waals surface area contributed by atoms with Gasteiger partial charge in [0, 0.05) is 19.8 Å². The summed E-state index contributed by atoms with van der Waals surface area (Å²) in [5.41, 5.74) is 3.72. The van der Waals surface area contributed by atoms with Crippen LogP contribution < -0.4 is 10.6 Å². The summed E-state index contributed by atoms with van der Waals surface area (Å²) in [6.45, 7) is 4.85. The summed E-state index contributed by atoms with van der Waals surface area (Å²) in [5.74, 6) is 0.415. The molecule has 0 fully saturated rings. The second kappa shape index (κ2) is 6.88. The van der Waals surface area contributed by atoms with E-state index >= 15 is 0 Å². The standard InChI is InChI=1S/C17H21N3O/c1-12(2)14-6-4-13(5-7-14)10-20-17(21)15-8-9-19-11-16(15)18-3/h4-9,11-12,18H,10H2,1-3H3,(H,20,21). The lowest BCUT2D eigenvalue weighted by molar-refractivity contribution is 0.0951. The Morgan fingerprint density at radius 1 is 1.19 bits per heavy atom. The largest absolute Gasteiger partial charge is 0.386 e. The molecule has 0 aliphatic heterocycles. The van der Waals surface area contributed by atoms with Crippen molar-refractivity contribution in [1.82, 2.24) is 10.3 Å². The highest BCUT2D eigenvalue weighted by Gasteiger charge is 2.10. The minimum absolute atomic E-state index is 0.102. The number of benzene rings is 1. The molecule has 1 aromatic carbocycles. The van der Waals surface area contributed by atoms with Crippen molar-refractivity contribution in [1.29, 1.82) is 0 Å². The van der Waals surface area contributed by atoms with Gasteiger partial charge < -0.3 is 10.6 Å². The number of nitrogens with one attached hydrogen (secondary N) is 2. The first-order chi connectivity index (χ1) is 10.1. The van der Waals surface area contributed by atoms with Crippen LogP contribution in [-0.2, 0) is 6.54 Å². The maximum atomic E-state index is 12.2. The van der Waals surface area contributed by atoms with Crippen LogP contribution in [-0.4, -0.2) is 17.9 Å². The van der Waals surface area contributed by atoms with E-state index in [9.17, 15) is 4.79 Å². The lowest BCUT2D eigenvalue weighted by Crippen LogP contribution is -2.23. The number of hydrogen-bond acceptors (Lipinski definition) is 3. The third-order valence-corrected chi connectivity index (χ3v) is 3.43. The molecule has 2 aromatic rings. The Balaban J connectivity index is 2.00. The average molecular weight is 283 g/mol. The first kappa shape index (κ1) is 15.0. The number of rotatable bonds is 5. The summed E-state index contributed by atoms with van der Waals surface area (Å²) in [4.78, 5) is 16.2. The highest BCUT2D eigenvalue weighted by Crippen LogP contribution is 2.15. The fraction of sp³-hybridized carbons (Fsp3) is 0.294. The van der Waals surface area contributed by atoms with Gasteiger partial charge in [-0.3, -0.25) is 9.78 Å². The number of aromatic nitrogens is 1. The number of nitrogens with zero attached hydrogens (tertiary/aromatic N) is 1. The molecule has 0 radical (unpaired) electrons. The van der Waals surface area contributed by atoms with Gasteiger partial charge in [0.2, 0.25) is 0 Å². The van der Waals surface area contributed by atoms with Crippen molar-refractivity contribution in [2.24, 2.45) is 0 Å². The summed E-state index contributed by atoms with van der Waals surface area (Å²) in [7, 11) is 1.78. The van der Waals surface area contributed by atoms with Crippen molar-refractivity contribution in [3.63, 3.8) is 0 Å². The molecule has 0 spiro atoms. The summed E-state index contributed by atoms with van der Waals surface area (Å²) >= 11 is 0. The molecule has 1 aromatic heterocycles. The molecule has 1 amide bonds. The zero-order valence-corrected chi connectivity index (χ0v) is 12.7. The van der Waals surface area contributed by atoms with Crippen LogP contribution in [0.3, 0.4) is 0 Å². The van der Waals surface area contributed by atoms with Crippen LogP contribution in [0.4, 0.5) is 5.69 Å². The second-order valence-electron chi connectivity index (χ2n) is 5.25. The van der Waals surface area contributed by atoms with Crippen molar-refractivity contribution in [3.05, 3.63) is 59.4 Å². The Bertz CT molecular complexity index is 606. The number of hydrogen-bond donors (Lipinski definition) is 2. The first-order valence-corrected chi connectivity index (χ1v) is 7.10. The molecule has 0 bridgehead atoms. The van der Waals surface area contributed by atoms with Gasteiger partial charge in [-0.1, -0.05) is 38.1 Å². The fourth-order valence-corrected chi connectivity index (χ4v) is 2.09. The second-order valence-corrected chi connectivity index (χ2v) is 5.25. The maximum Gasteiger partial charge on any atom is 0.253 e. The van der Waals surface area contributed by atoms with Crippen LogP contribution >= 0.6 is 0 Å². The SMILES string of the molecule is CNc1cnccc1C(=O)NCc1ccc(C(C)C)cc1. The zero-order valence-electron chi connectivity index (χ0n) is 12.7. The molecule has 2 N–H and O–H groups in total. The third kappa shape index (κ3) is 3.81. The van der Waals surface area contributed by atoms with E-state index in [4.69, 9.17) is 0 Å². The number of amides is 1. The van der Waals surface area contributed by atoms with Gasteiger partial charge in [-0.2, -0.15) is 0 Å². The van der Waals surface area contributed by atoms with E-state index in [-0.39, 0.29) is 5.91 Å². The quantitative estimate of drug-likeness (QED) is 0.886. The van der Waals surface area contributed by atoms with Crippen molar-refractivity contribution >= 4 is 11.6 Å². The van der Waals surface area contributed by atoms with Crippen molar-refractivity contribution in [2.75, 3.05) is 12.4 Å². The van der Waals surface area contributed by atoms with E-state index in [0.29, 0.717) is 18.0 Å². The van der Waals surface area contributed by atoms with Crippen LogP contribution in [0.2, 0.25) is 0 Å². The lowest BCUT2D eigenvalue weighted by atomic mass is 10.0. The molecular formula is C17H21N3O. The summed E-state index contributed by atoms with van der Waals surface area (Å²) < 4.78 is 0. The van der Waals surface area contributed by atoms with E-state index in [0.717, 1.165) is 11.3 Å². The highest BCUT2D eigenvalue weighted by atomic mass is 16.1. The van der Waals surface area contributed by atoms with Gasteiger partial charge in [-0.15, -0.1) is 0 Å². The average Bonchev–Trinajstić information content (AvgIpc) is 2.52. The van der Waals surface area contributed by atoms with Crippen LogP contribution in [0.5, 0.6) is 0 Å². The van der Waals surface area contributed by atoms with Crippen LogP contribution in [0, 0.1) is 0 Å². The third-order valence-electron chi connectivity index (χ3n) is 3.43. The molecule has 4 nitrogen and oxygen atoms in total. The van der Waals surface area contributed by atoms with Gasteiger partial charge in [0.15, 0.2) is 0 Å².